The number of hydrogen-bond donors (Lipinski definition) is 2. The molecule has 0 aliphatic rings. The summed E-state index contributed by atoms with van der Waals surface area (Å²) >= 11 is 1.48. The van der Waals surface area contributed by atoms with Crippen LogP contribution >= 0.6 is 11.3 Å². The zero-order valence-electron chi connectivity index (χ0n) is 11.6. The number of aromatic nitrogens is 1. The molecule has 3 rings (SSSR count). The van der Waals surface area contributed by atoms with Crippen LogP contribution in [-0.2, 0) is 0 Å². The largest absolute Gasteiger partial charge is 0.367 e. The smallest absolute Gasteiger partial charge is 0.263 e. The summed E-state index contributed by atoms with van der Waals surface area (Å²) in [5.41, 5.74) is 8.14. The lowest BCUT2D eigenvalue weighted by atomic mass is 10.1. The van der Waals surface area contributed by atoms with Gasteiger partial charge in [-0.05, 0) is 42.1 Å². The van der Waals surface area contributed by atoms with Crippen molar-refractivity contribution in [1.82, 2.24) is 5.16 Å². The van der Waals surface area contributed by atoms with Crippen molar-refractivity contribution in [1.29, 1.82) is 0 Å². The Morgan fingerprint density at radius 3 is 2.91 bits per heavy atom. The minimum absolute atomic E-state index is 0.0570. The second-order valence-corrected chi connectivity index (χ2v) is 5.48. The van der Waals surface area contributed by atoms with Gasteiger partial charge in [-0.15, -0.1) is 0 Å². The summed E-state index contributed by atoms with van der Waals surface area (Å²) in [7, 11) is 0. The highest BCUT2D eigenvalue weighted by atomic mass is 32.1. The molecular formula is C15H12FN3O2S. The Morgan fingerprint density at radius 1 is 1.41 bits per heavy atom. The van der Waals surface area contributed by atoms with E-state index in [1.807, 2.05) is 16.8 Å². The van der Waals surface area contributed by atoms with Gasteiger partial charge >= 0.3 is 0 Å². The summed E-state index contributed by atoms with van der Waals surface area (Å²) in [6.07, 6.45) is 0. The Morgan fingerprint density at radius 2 is 2.23 bits per heavy atom. The molecule has 0 aliphatic carbocycles. The maximum Gasteiger partial charge on any atom is 0.263 e. The van der Waals surface area contributed by atoms with Crippen LogP contribution < -0.4 is 11.1 Å². The molecule has 0 atom stereocenters. The molecule has 0 unspecified atom stereocenters. The number of rotatable bonds is 3. The van der Waals surface area contributed by atoms with E-state index in [4.69, 9.17) is 10.3 Å². The molecule has 0 spiro atoms. The standard InChI is InChI=1S/C15H12FN3O2S/c1-8-6-10(16)2-3-11(8)18-15(20)12-13(19-21-14(12)17)9-4-5-22-7-9/h2-7H,17H2,1H3,(H,18,20). The van der Waals surface area contributed by atoms with E-state index < -0.39 is 5.91 Å². The molecule has 7 heteroatoms. The molecule has 22 heavy (non-hydrogen) atoms. The fraction of sp³-hybridized carbons (Fsp3) is 0.0667. The molecule has 1 amide bonds. The zero-order valence-corrected chi connectivity index (χ0v) is 12.4. The second kappa shape index (κ2) is 5.61. The Bertz CT molecular complexity index is 827. The van der Waals surface area contributed by atoms with Crippen molar-refractivity contribution in [2.75, 3.05) is 11.1 Å². The van der Waals surface area contributed by atoms with Crippen LogP contribution in [0.1, 0.15) is 15.9 Å². The molecule has 2 heterocycles. The van der Waals surface area contributed by atoms with Crippen molar-refractivity contribution in [3.8, 4) is 11.3 Å². The van der Waals surface area contributed by atoms with Gasteiger partial charge in [0.1, 0.15) is 17.1 Å². The third-order valence-electron chi connectivity index (χ3n) is 3.18. The van der Waals surface area contributed by atoms with E-state index in [0.717, 1.165) is 5.56 Å². The van der Waals surface area contributed by atoms with Gasteiger partial charge < -0.3 is 15.6 Å². The number of thiophene rings is 1. The van der Waals surface area contributed by atoms with Crippen LogP contribution in [0.2, 0.25) is 0 Å². The topological polar surface area (TPSA) is 81.2 Å². The summed E-state index contributed by atoms with van der Waals surface area (Å²) < 4.78 is 18.1. The lowest BCUT2D eigenvalue weighted by Crippen LogP contribution is -2.14. The van der Waals surface area contributed by atoms with E-state index in [9.17, 15) is 9.18 Å². The predicted molar refractivity (Wildman–Crippen MR) is 83.3 cm³/mol. The van der Waals surface area contributed by atoms with Gasteiger partial charge in [0.15, 0.2) is 0 Å². The summed E-state index contributed by atoms with van der Waals surface area (Å²) in [4.78, 5) is 12.5. The highest BCUT2D eigenvalue weighted by molar-refractivity contribution is 7.08. The first kappa shape index (κ1) is 14.3. The lowest BCUT2D eigenvalue weighted by molar-refractivity contribution is 0.102. The molecule has 3 N–H and O–H groups in total. The number of benzene rings is 1. The summed E-state index contributed by atoms with van der Waals surface area (Å²) in [6.45, 7) is 1.70. The van der Waals surface area contributed by atoms with Gasteiger partial charge in [-0.1, -0.05) is 5.16 Å². The van der Waals surface area contributed by atoms with Crippen LogP contribution in [0.15, 0.2) is 39.5 Å². The summed E-state index contributed by atoms with van der Waals surface area (Å²) in [6, 6.07) is 5.93. The van der Waals surface area contributed by atoms with Gasteiger partial charge in [0.25, 0.3) is 5.91 Å². The predicted octanol–water partition coefficient (Wildman–Crippen LogP) is 3.69. The number of amides is 1. The van der Waals surface area contributed by atoms with Crippen molar-refractivity contribution in [3.63, 3.8) is 0 Å². The average Bonchev–Trinajstić information content (AvgIpc) is 3.10. The third-order valence-corrected chi connectivity index (χ3v) is 3.86. The molecule has 0 saturated heterocycles. The molecule has 2 aromatic heterocycles. The fourth-order valence-corrected chi connectivity index (χ4v) is 2.71. The van der Waals surface area contributed by atoms with Gasteiger partial charge in [0.05, 0.1) is 0 Å². The highest BCUT2D eigenvalue weighted by Crippen LogP contribution is 2.29. The first-order valence-corrected chi connectivity index (χ1v) is 7.36. The quantitative estimate of drug-likeness (QED) is 0.772. The van der Waals surface area contributed by atoms with E-state index in [1.54, 1.807) is 6.92 Å². The number of carbonyl (C=O) groups excluding carboxylic acids is 1. The molecular weight excluding hydrogens is 305 g/mol. The second-order valence-electron chi connectivity index (χ2n) is 4.70. The van der Waals surface area contributed by atoms with Crippen LogP contribution in [0.5, 0.6) is 0 Å². The molecule has 0 saturated carbocycles. The zero-order chi connectivity index (χ0) is 15.7. The number of aryl methyl sites for hydroxylation is 1. The van der Waals surface area contributed by atoms with Crippen molar-refractivity contribution >= 4 is 28.8 Å². The number of hydrogen-bond acceptors (Lipinski definition) is 5. The Hall–Kier alpha value is -2.67. The molecule has 0 bridgehead atoms. The highest BCUT2D eigenvalue weighted by Gasteiger charge is 2.23. The fourth-order valence-electron chi connectivity index (χ4n) is 2.07. The maximum absolute atomic E-state index is 13.1. The van der Waals surface area contributed by atoms with Crippen molar-refractivity contribution in [3.05, 3.63) is 52.0 Å². The number of carbonyl (C=O) groups is 1. The van der Waals surface area contributed by atoms with Gasteiger partial charge in [-0.25, -0.2) is 4.39 Å². The molecule has 0 radical (unpaired) electrons. The van der Waals surface area contributed by atoms with E-state index in [0.29, 0.717) is 16.9 Å². The Labute approximate surface area is 129 Å². The summed E-state index contributed by atoms with van der Waals surface area (Å²) in [5, 5.41) is 10.3. The average molecular weight is 317 g/mol. The molecule has 1 aromatic carbocycles. The van der Waals surface area contributed by atoms with Gasteiger partial charge in [-0.2, -0.15) is 11.3 Å². The molecule has 0 fully saturated rings. The SMILES string of the molecule is Cc1cc(F)ccc1NC(=O)c1c(-c2ccsc2)noc1N. The Balaban J connectivity index is 1.94. The molecule has 5 nitrogen and oxygen atoms in total. The minimum Gasteiger partial charge on any atom is -0.367 e. The van der Waals surface area contributed by atoms with E-state index in [-0.39, 0.29) is 17.3 Å². The maximum atomic E-state index is 13.1. The number of anilines is 2. The normalized spacial score (nSPS) is 10.6. The van der Waals surface area contributed by atoms with Crippen LogP contribution in [0, 0.1) is 12.7 Å². The van der Waals surface area contributed by atoms with Gasteiger partial charge in [-0.3, -0.25) is 4.79 Å². The van der Waals surface area contributed by atoms with E-state index >= 15 is 0 Å². The first-order valence-electron chi connectivity index (χ1n) is 6.41. The molecule has 3 aromatic rings. The number of nitrogens with zero attached hydrogens (tertiary/aromatic N) is 1. The molecule has 112 valence electrons. The summed E-state index contributed by atoms with van der Waals surface area (Å²) in [5.74, 6) is -0.868. The lowest BCUT2D eigenvalue weighted by Gasteiger charge is -2.08. The number of nitrogens with two attached hydrogens (primary N) is 1. The first-order chi connectivity index (χ1) is 10.6. The van der Waals surface area contributed by atoms with Crippen LogP contribution in [0.3, 0.4) is 0 Å². The number of nitrogen functional groups attached to an aromatic ring is 1. The monoisotopic (exact) mass is 317 g/mol. The number of halogens is 1. The molecule has 0 aliphatic heterocycles. The van der Waals surface area contributed by atoms with Crippen molar-refractivity contribution in [2.45, 2.75) is 6.92 Å². The third kappa shape index (κ3) is 2.58. The van der Waals surface area contributed by atoms with E-state index in [2.05, 4.69) is 10.5 Å². The van der Waals surface area contributed by atoms with Gasteiger partial charge in [0, 0.05) is 16.6 Å². The Kier molecular flexibility index (Phi) is 3.64. The van der Waals surface area contributed by atoms with Crippen LogP contribution in [-0.4, -0.2) is 11.1 Å². The number of nitrogens with one attached hydrogen (secondary N) is 1. The minimum atomic E-state index is -0.449. The van der Waals surface area contributed by atoms with Gasteiger partial charge in [0.2, 0.25) is 5.88 Å². The van der Waals surface area contributed by atoms with Crippen LogP contribution in [0.25, 0.3) is 11.3 Å². The van der Waals surface area contributed by atoms with Crippen LogP contribution in [0.4, 0.5) is 16.0 Å². The van der Waals surface area contributed by atoms with Crippen molar-refractivity contribution < 1.29 is 13.7 Å². The van der Waals surface area contributed by atoms with E-state index in [1.165, 1.54) is 29.5 Å². The van der Waals surface area contributed by atoms with Crippen molar-refractivity contribution in [2.24, 2.45) is 0 Å².